The van der Waals surface area contributed by atoms with Crippen LogP contribution in [0.3, 0.4) is 0 Å². The van der Waals surface area contributed by atoms with Crippen LogP contribution in [0.2, 0.25) is 0 Å². The lowest BCUT2D eigenvalue weighted by Crippen LogP contribution is -1.96. The van der Waals surface area contributed by atoms with Crippen molar-refractivity contribution in [3.63, 3.8) is 0 Å². The molecule has 0 radical (unpaired) electrons. The molecule has 0 amide bonds. The Labute approximate surface area is 51.5 Å². The van der Waals surface area contributed by atoms with Gasteiger partial charge >= 0.3 is 0 Å². The molecule has 1 fully saturated rings. The van der Waals surface area contributed by atoms with E-state index in [1.807, 2.05) is 0 Å². The van der Waals surface area contributed by atoms with Gasteiger partial charge in [-0.1, -0.05) is 0 Å². The van der Waals surface area contributed by atoms with Gasteiger partial charge < -0.3 is 0 Å². The van der Waals surface area contributed by atoms with E-state index in [0.717, 1.165) is 11.8 Å². The zero-order valence-electron chi connectivity index (χ0n) is 4.29. The highest BCUT2D eigenvalue weighted by atomic mass is 32.1. The van der Waals surface area contributed by atoms with Crippen molar-refractivity contribution in [2.24, 2.45) is 0 Å². The van der Waals surface area contributed by atoms with E-state index in [4.69, 9.17) is 0 Å². The maximum absolute atomic E-state index is 4.27. The molecule has 2 atom stereocenters. The normalized spacial score (nSPS) is 37.5. The molecule has 1 saturated carbocycles. The smallest absolute Gasteiger partial charge is 0.0614 e. The first kappa shape index (κ1) is 3.62. The second kappa shape index (κ2) is 0.860. The summed E-state index contributed by atoms with van der Waals surface area (Å²) < 4.78 is 4.27. The third kappa shape index (κ3) is 0.216. The lowest BCUT2D eigenvalue weighted by molar-refractivity contribution is 0.877. The Morgan fingerprint density at radius 3 is 3.50 bits per heavy atom. The van der Waals surface area contributed by atoms with Crippen LogP contribution < -0.4 is 0 Å². The molecular weight excluding hydrogens is 118 g/mol. The van der Waals surface area contributed by atoms with E-state index in [1.165, 1.54) is 12.1 Å². The molecule has 2 heteroatoms. The fourth-order valence-electron chi connectivity index (χ4n) is 1.56. The average Bonchev–Trinajstić information content (AvgIpc) is 2.34. The van der Waals surface area contributed by atoms with Crippen LogP contribution in [-0.2, 0) is 0 Å². The molecule has 2 aliphatic rings. The highest BCUT2D eigenvalue weighted by molar-refractivity contribution is 7.03. The summed E-state index contributed by atoms with van der Waals surface area (Å²) in [7, 11) is 0. The fourth-order valence-corrected chi connectivity index (χ4v) is 2.37. The molecule has 0 aromatic carbocycles. The van der Waals surface area contributed by atoms with Crippen molar-refractivity contribution in [2.45, 2.75) is 18.3 Å². The number of hydrogen-bond acceptors (Lipinski definition) is 2. The quantitative estimate of drug-likeness (QED) is 0.512. The van der Waals surface area contributed by atoms with Gasteiger partial charge in [0.2, 0.25) is 0 Å². The minimum absolute atomic E-state index is 0.913. The van der Waals surface area contributed by atoms with E-state index in [2.05, 4.69) is 9.75 Å². The zero-order valence-corrected chi connectivity index (χ0v) is 5.11. The first-order chi connectivity index (χ1) is 3.97. The largest absolute Gasteiger partial charge is 0.197 e. The van der Waals surface area contributed by atoms with Crippen molar-refractivity contribution in [3.8, 4) is 0 Å². The molecule has 2 aliphatic carbocycles. The monoisotopic (exact) mass is 123 g/mol. The summed E-state index contributed by atoms with van der Waals surface area (Å²) in [4.78, 5) is 0. The van der Waals surface area contributed by atoms with Gasteiger partial charge in [0.25, 0.3) is 0 Å². The summed E-state index contributed by atoms with van der Waals surface area (Å²) in [6, 6.07) is 0. The van der Waals surface area contributed by atoms with E-state index in [1.54, 1.807) is 17.1 Å². The van der Waals surface area contributed by atoms with Crippen LogP contribution in [0.1, 0.15) is 29.5 Å². The average molecular weight is 123 g/mol. The molecular formula is C6H5NS. The van der Waals surface area contributed by atoms with Crippen molar-refractivity contribution in [3.05, 3.63) is 16.6 Å². The first-order valence-corrected chi connectivity index (χ1v) is 3.74. The number of nitrogens with zero attached hydrogens (tertiary/aromatic N) is 1. The summed E-state index contributed by atoms with van der Waals surface area (Å²) >= 11 is 1.61. The molecule has 0 saturated heterocycles. The molecule has 0 N–H and O–H groups in total. The minimum Gasteiger partial charge on any atom is -0.197 e. The molecule has 0 aliphatic heterocycles. The molecule has 1 nitrogen and oxygen atoms in total. The van der Waals surface area contributed by atoms with Crippen LogP contribution in [0.5, 0.6) is 0 Å². The molecule has 40 valence electrons. The van der Waals surface area contributed by atoms with Crippen molar-refractivity contribution in [1.29, 1.82) is 0 Å². The van der Waals surface area contributed by atoms with Crippen LogP contribution in [0, 0.1) is 0 Å². The Kier molecular flexibility index (Phi) is 0.389. The van der Waals surface area contributed by atoms with Gasteiger partial charge in [0.05, 0.1) is 5.69 Å². The lowest BCUT2D eigenvalue weighted by atomic mass is 9.98. The third-order valence-corrected chi connectivity index (χ3v) is 2.83. The number of hydrogen-bond donors (Lipinski definition) is 0. The van der Waals surface area contributed by atoms with Crippen LogP contribution in [0.4, 0.5) is 0 Å². The predicted octanol–water partition coefficient (Wildman–Crippen LogP) is 1.73. The molecule has 0 spiro atoms. The maximum Gasteiger partial charge on any atom is 0.0614 e. The Hall–Kier alpha value is -0.370. The van der Waals surface area contributed by atoms with Gasteiger partial charge in [-0.3, -0.25) is 0 Å². The Bertz CT molecular complexity index is 218. The Balaban J connectivity index is 2.38. The summed E-state index contributed by atoms with van der Waals surface area (Å²) in [5.74, 6) is 1.87. The molecule has 1 aromatic heterocycles. The number of fused-ring (bicyclic) bond motifs is 4. The number of aromatic nitrogens is 1. The van der Waals surface area contributed by atoms with E-state index >= 15 is 0 Å². The van der Waals surface area contributed by atoms with Gasteiger partial charge in [0.15, 0.2) is 0 Å². The van der Waals surface area contributed by atoms with Gasteiger partial charge in [-0.15, -0.1) is 0 Å². The van der Waals surface area contributed by atoms with Crippen molar-refractivity contribution < 1.29 is 0 Å². The second-order valence-electron chi connectivity index (χ2n) is 2.60. The van der Waals surface area contributed by atoms with Gasteiger partial charge in [0, 0.05) is 11.3 Å². The molecule has 1 heterocycles. The summed E-state index contributed by atoms with van der Waals surface area (Å²) in [6.07, 6.45) is 1.41. The topological polar surface area (TPSA) is 12.9 Å². The summed E-state index contributed by atoms with van der Waals surface area (Å²) in [5.41, 5.74) is 2.97. The van der Waals surface area contributed by atoms with E-state index in [9.17, 15) is 0 Å². The van der Waals surface area contributed by atoms with Crippen LogP contribution in [-0.4, -0.2) is 4.37 Å². The third-order valence-electron chi connectivity index (χ3n) is 2.17. The minimum atomic E-state index is 0.913. The molecule has 0 bridgehead atoms. The Morgan fingerprint density at radius 1 is 1.62 bits per heavy atom. The number of rotatable bonds is 0. The summed E-state index contributed by atoms with van der Waals surface area (Å²) in [6.45, 7) is 0. The molecule has 8 heavy (non-hydrogen) atoms. The Morgan fingerprint density at radius 2 is 2.62 bits per heavy atom. The van der Waals surface area contributed by atoms with Crippen molar-refractivity contribution >= 4 is 11.5 Å². The van der Waals surface area contributed by atoms with Crippen LogP contribution in [0.25, 0.3) is 0 Å². The molecule has 3 rings (SSSR count). The van der Waals surface area contributed by atoms with Gasteiger partial charge in [-0.05, 0) is 29.4 Å². The van der Waals surface area contributed by atoms with Crippen molar-refractivity contribution in [2.75, 3.05) is 0 Å². The predicted molar refractivity (Wildman–Crippen MR) is 32.2 cm³/mol. The highest BCUT2D eigenvalue weighted by Crippen LogP contribution is 2.65. The van der Waals surface area contributed by atoms with E-state index in [0.29, 0.717) is 0 Å². The van der Waals surface area contributed by atoms with Crippen molar-refractivity contribution in [1.82, 2.24) is 4.37 Å². The lowest BCUT2D eigenvalue weighted by Gasteiger charge is -2.06. The highest BCUT2D eigenvalue weighted by Gasteiger charge is 2.52. The summed E-state index contributed by atoms with van der Waals surface area (Å²) in [5, 5.41) is 2.20. The van der Waals surface area contributed by atoms with E-state index in [-0.39, 0.29) is 0 Å². The standard InChI is InChI=1S/C6H5NS/c1-3-4(1)6-5(3)2-8-7-6/h2-4H,1H2. The fraction of sp³-hybridized carbons (Fsp3) is 0.500. The SMILES string of the molecule is c1snc2c1C1CC21. The van der Waals surface area contributed by atoms with Gasteiger partial charge in [-0.2, -0.15) is 4.37 Å². The maximum atomic E-state index is 4.27. The molecule has 1 aromatic rings. The second-order valence-corrected chi connectivity index (χ2v) is 3.23. The zero-order chi connectivity index (χ0) is 5.14. The molecule has 2 unspecified atom stereocenters. The van der Waals surface area contributed by atoms with Gasteiger partial charge in [0.1, 0.15) is 0 Å². The van der Waals surface area contributed by atoms with E-state index < -0.39 is 0 Å². The van der Waals surface area contributed by atoms with Crippen LogP contribution >= 0.6 is 11.5 Å². The van der Waals surface area contributed by atoms with Crippen LogP contribution in [0.15, 0.2) is 5.38 Å². The first-order valence-electron chi connectivity index (χ1n) is 2.91. The van der Waals surface area contributed by atoms with Gasteiger partial charge in [-0.25, -0.2) is 0 Å².